The van der Waals surface area contributed by atoms with Crippen LogP contribution in [-0.2, 0) is 17.1 Å². The van der Waals surface area contributed by atoms with Gasteiger partial charge in [-0.2, -0.15) is 0 Å². The van der Waals surface area contributed by atoms with Gasteiger partial charge in [0.1, 0.15) is 11.6 Å². The van der Waals surface area contributed by atoms with E-state index in [0.29, 0.717) is 34.7 Å². The summed E-state index contributed by atoms with van der Waals surface area (Å²) < 4.78 is 18.6. The molecule has 0 unspecified atom stereocenters. The van der Waals surface area contributed by atoms with Crippen LogP contribution in [0.5, 0.6) is 0 Å². The molecular formula is C20H18ClFN2O2S. The highest BCUT2D eigenvalue weighted by Gasteiger charge is 2.14. The minimum absolute atomic E-state index is 0.0863. The molecule has 1 amide bonds. The maximum absolute atomic E-state index is 12.9. The molecule has 0 saturated heterocycles. The minimum Gasteiger partial charge on any atom is -0.441 e. The van der Waals surface area contributed by atoms with Crippen LogP contribution in [0.25, 0.3) is 11.5 Å². The molecule has 0 atom stereocenters. The normalized spacial score (nSPS) is 10.8. The second kappa shape index (κ2) is 9.06. The number of carbonyl (C=O) groups is 1. The molecule has 0 saturated carbocycles. The van der Waals surface area contributed by atoms with Crippen LogP contribution in [0, 0.1) is 12.7 Å². The molecular weight excluding hydrogens is 387 g/mol. The maximum Gasteiger partial charge on any atom is 0.230 e. The number of oxazole rings is 1. The van der Waals surface area contributed by atoms with Crippen molar-refractivity contribution in [2.45, 2.75) is 19.2 Å². The van der Waals surface area contributed by atoms with Crippen molar-refractivity contribution in [3.8, 4) is 11.5 Å². The molecule has 7 heteroatoms. The zero-order chi connectivity index (χ0) is 19.2. The summed E-state index contributed by atoms with van der Waals surface area (Å²) in [6.45, 7) is 2.22. The first-order valence-corrected chi connectivity index (χ1v) is 9.86. The predicted molar refractivity (Wildman–Crippen MR) is 106 cm³/mol. The number of nitrogens with one attached hydrogen (secondary N) is 1. The Hall–Kier alpha value is -2.31. The lowest BCUT2D eigenvalue weighted by Gasteiger charge is -2.05. The number of aromatic nitrogens is 1. The third-order valence-electron chi connectivity index (χ3n) is 3.87. The second-order valence-corrected chi connectivity index (χ2v) is 7.29. The molecule has 140 valence electrons. The quantitative estimate of drug-likeness (QED) is 0.602. The highest BCUT2D eigenvalue weighted by Crippen LogP contribution is 2.29. The molecule has 0 spiro atoms. The van der Waals surface area contributed by atoms with Gasteiger partial charge >= 0.3 is 0 Å². The van der Waals surface area contributed by atoms with Gasteiger partial charge < -0.3 is 9.73 Å². The first kappa shape index (κ1) is 19.5. The van der Waals surface area contributed by atoms with Crippen LogP contribution in [0.1, 0.15) is 17.0 Å². The first-order valence-electron chi connectivity index (χ1n) is 8.33. The summed E-state index contributed by atoms with van der Waals surface area (Å²) in [4.78, 5) is 16.5. The third kappa shape index (κ3) is 5.34. The van der Waals surface area contributed by atoms with Crippen molar-refractivity contribution in [2.75, 3.05) is 5.75 Å². The van der Waals surface area contributed by atoms with Crippen molar-refractivity contribution in [3.05, 3.63) is 76.4 Å². The lowest BCUT2D eigenvalue weighted by atomic mass is 10.2. The fourth-order valence-electron chi connectivity index (χ4n) is 2.41. The summed E-state index contributed by atoms with van der Waals surface area (Å²) in [5, 5.41) is 3.40. The number of rotatable bonds is 7. The lowest BCUT2D eigenvalue weighted by Crippen LogP contribution is -2.24. The highest BCUT2D eigenvalue weighted by molar-refractivity contribution is 7.99. The molecule has 2 aromatic carbocycles. The Labute approximate surface area is 166 Å². The summed E-state index contributed by atoms with van der Waals surface area (Å²) in [6, 6.07) is 13.4. The number of thioether (sulfide) groups is 1. The summed E-state index contributed by atoms with van der Waals surface area (Å²) >= 11 is 7.63. The van der Waals surface area contributed by atoms with Gasteiger partial charge in [-0.15, -0.1) is 11.8 Å². The van der Waals surface area contributed by atoms with Crippen LogP contribution < -0.4 is 5.32 Å². The van der Waals surface area contributed by atoms with E-state index >= 15 is 0 Å². The number of amides is 1. The van der Waals surface area contributed by atoms with Gasteiger partial charge in [-0.05, 0) is 36.8 Å². The van der Waals surface area contributed by atoms with Gasteiger partial charge in [-0.1, -0.05) is 35.9 Å². The highest BCUT2D eigenvalue weighted by atomic mass is 35.5. The van der Waals surface area contributed by atoms with Crippen LogP contribution in [0.2, 0.25) is 5.02 Å². The van der Waals surface area contributed by atoms with Crippen molar-refractivity contribution >= 4 is 29.3 Å². The molecule has 0 aliphatic rings. The van der Waals surface area contributed by atoms with Crippen molar-refractivity contribution < 1.29 is 13.6 Å². The zero-order valence-electron chi connectivity index (χ0n) is 14.7. The maximum atomic E-state index is 12.9. The number of hydrogen-bond acceptors (Lipinski definition) is 4. The molecule has 0 aliphatic heterocycles. The molecule has 0 fully saturated rings. The Morgan fingerprint density at radius 2 is 1.96 bits per heavy atom. The van der Waals surface area contributed by atoms with Crippen LogP contribution in [0.4, 0.5) is 4.39 Å². The van der Waals surface area contributed by atoms with E-state index in [1.807, 2.05) is 25.1 Å². The summed E-state index contributed by atoms with van der Waals surface area (Å²) in [5.41, 5.74) is 2.39. The molecule has 0 aliphatic carbocycles. The number of aryl methyl sites for hydroxylation is 1. The summed E-state index contributed by atoms with van der Waals surface area (Å²) in [6.07, 6.45) is 0. The van der Waals surface area contributed by atoms with E-state index in [2.05, 4.69) is 10.3 Å². The third-order valence-corrected chi connectivity index (χ3v) is 5.15. The van der Waals surface area contributed by atoms with Crippen molar-refractivity contribution in [1.29, 1.82) is 0 Å². The predicted octanol–water partition coefficient (Wildman–Crippen LogP) is 4.99. The van der Waals surface area contributed by atoms with Gasteiger partial charge in [0, 0.05) is 12.3 Å². The van der Waals surface area contributed by atoms with Crippen LogP contribution in [0.15, 0.2) is 52.9 Å². The minimum atomic E-state index is -0.292. The van der Waals surface area contributed by atoms with Gasteiger partial charge in [-0.25, -0.2) is 9.37 Å². The van der Waals surface area contributed by atoms with E-state index in [1.54, 1.807) is 18.2 Å². The standard InChI is InChI=1S/C20H18ClFN2O2S/c1-13-18(24-20(26-13)16-4-2-3-5-17(16)21)11-27-12-19(25)23-10-14-6-8-15(22)9-7-14/h2-9H,10-12H2,1H3,(H,23,25). The van der Waals surface area contributed by atoms with Crippen LogP contribution in [0.3, 0.4) is 0 Å². The first-order chi connectivity index (χ1) is 13.0. The van der Waals surface area contributed by atoms with Gasteiger partial charge in [0.05, 0.1) is 22.0 Å². The SMILES string of the molecule is Cc1oc(-c2ccccc2Cl)nc1CSCC(=O)NCc1ccc(F)cc1. The smallest absolute Gasteiger partial charge is 0.230 e. The molecule has 0 radical (unpaired) electrons. The monoisotopic (exact) mass is 404 g/mol. The van der Waals surface area contributed by atoms with E-state index in [0.717, 1.165) is 16.8 Å². The van der Waals surface area contributed by atoms with E-state index in [4.69, 9.17) is 16.0 Å². The van der Waals surface area contributed by atoms with Gasteiger partial charge in [-0.3, -0.25) is 4.79 Å². The molecule has 27 heavy (non-hydrogen) atoms. The number of nitrogens with zero attached hydrogens (tertiary/aromatic N) is 1. The molecule has 1 N–H and O–H groups in total. The van der Waals surface area contributed by atoms with E-state index in [-0.39, 0.29) is 11.7 Å². The number of hydrogen-bond donors (Lipinski definition) is 1. The topological polar surface area (TPSA) is 55.1 Å². The fourth-order valence-corrected chi connectivity index (χ4v) is 3.47. The summed E-state index contributed by atoms with van der Waals surface area (Å²) in [5.74, 6) is 1.67. The molecule has 1 aromatic heterocycles. The Balaban J connectivity index is 1.49. The summed E-state index contributed by atoms with van der Waals surface area (Å²) in [7, 11) is 0. The fraction of sp³-hybridized carbons (Fsp3) is 0.200. The molecule has 4 nitrogen and oxygen atoms in total. The average Bonchev–Trinajstić information content (AvgIpc) is 3.02. The van der Waals surface area contributed by atoms with Crippen molar-refractivity contribution in [2.24, 2.45) is 0 Å². The Bertz CT molecular complexity index is 928. The average molecular weight is 405 g/mol. The van der Waals surface area contributed by atoms with Gasteiger partial charge in [0.25, 0.3) is 0 Å². The Morgan fingerprint density at radius 3 is 2.70 bits per heavy atom. The Morgan fingerprint density at radius 1 is 1.22 bits per heavy atom. The largest absolute Gasteiger partial charge is 0.441 e. The van der Waals surface area contributed by atoms with Crippen LogP contribution >= 0.6 is 23.4 Å². The number of halogens is 2. The lowest BCUT2D eigenvalue weighted by molar-refractivity contribution is -0.118. The van der Waals surface area contributed by atoms with Gasteiger partial charge in [0.2, 0.25) is 11.8 Å². The molecule has 1 heterocycles. The molecule has 3 rings (SSSR count). The van der Waals surface area contributed by atoms with Gasteiger partial charge in [0.15, 0.2) is 0 Å². The van der Waals surface area contributed by atoms with E-state index < -0.39 is 0 Å². The zero-order valence-corrected chi connectivity index (χ0v) is 16.2. The second-order valence-electron chi connectivity index (χ2n) is 5.90. The number of carbonyl (C=O) groups excluding carboxylic acids is 1. The molecule has 3 aromatic rings. The van der Waals surface area contributed by atoms with Crippen LogP contribution in [-0.4, -0.2) is 16.6 Å². The van der Waals surface area contributed by atoms with Crippen molar-refractivity contribution in [3.63, 3.8) is 0 Å². The number of benzene rings is 2. The van der Waals surface area contributed by atoms with E-state index in [9.17, 15) is 9.18 Å². The van der Waals surface area contributed by atoms with Crippen molar-refractivity contribution in [1.82, 2.24) is 10.3 Å². The van der Waals surface area contributed by atoms with E-state index in [1.165, 1.54) is 23.9 Å². The molecule has 0 bridgehead atoms. The Kier molecular flexibility index (Phi) is 6.53.